The van der Waals surface area contributed by atoms with Crippen LogP contribution in [0.4, 0.5) is 0 Å². The molecule has 0 fully saturated rings. The Bertz CT molecular complexity index is 504. The average Bonchev–Trinajstić information content (AvgIpc) is 2.52. The van der Waals surface area contributed by atoms with Crippen molar-refractivity contribution in [2.75, 3.05) is 13.2 Å². The lowest BCUT2D eigenvalue weighted by Crippen LogP contribution is -2.45. The zero-order valence-corrected chi connectivity index (χ0v) is 12.9. The number of hydrogen-bond donors (Lipinski definition) is 2. The first-order chi connectivity index (χ1) is 10.0. The Labute approximate surface area is 125 Å². The summed E-state index contributed by atoms with van der Waals surface area (Å²) >= 11 is 0. The van der Waals surface area contributed by atoms with E-state index < -0.39 is 6.04 Å². The maximum absolute atomic E-state index is 12.1. The van der Waals surface area contributed by atoms with Gasteiger partial charge in [0.25, 0.3) is 0 Å². The van der Waals surface area contributed by atoms with Crippen molar-refractivity contribution in [3.8, 4) is 11.5 Å². The molecule has 1 heterocycles. The lowest BCUT2D eigenvalue weighted by molar-refractivity contribution is -0.124. The minimum absolute atomic E-state index is 0.119. The molecule has 2 rings (SSSR count). The SMILES string of the molecule is CCC(C)C(N)C(=O)NC(C)c1ccc2c(c1)OCCO2. The zero-order chi connectivity index (χ0) is 15.4. The number of carbonyl (C=O) groups is 1. The summed E-state index contributed by atoms with van der Waals surface area (Å²) in [6.45, 7) is 7.08. The van der Waals surface area contributed by atoms with Crippen LogP contribution in [0.2, 0.25) is 0 Å². The van der Waals surface area contributed by atoms with Crippen LogP contribution < -0.4 is 20.5 Å². The third-order valence-electron chi connectivity index (χ3n) is 3.98. The summed E-state index contributed by atoms with van der Waals surface area (Å²) in [6.07, 6.45) is 0.882. The van der Waals surface area contributed by atoms with Gasteiger partial charge in [-0.3, -0.25) is 4.79 Å². The van der Waals surface area contributed by atoms with Crippen molar-refractivity contribution in [3.05, 3.63) is 23.8 Å². The smallest absolute Gasteiger partial charge is 0.237 e. The van der Waals surface area contributed by atoms with Gasteiger partial charge >= 0.3 is 0 Å². The molecule has 1 aliphatic heterocycles. The Morgan fingerprint density at radius 3 is 2.62 bits per heavy atom. The van der Waals surface area contributed by atoms with Gasteiger partial charge in [-0.2, -0.15) is 0 Å². The van der Waals surface area contributed by atoms with Crippen LogP contribution in [0.15, 0.2) is 18.2 Å². The number of nitrogens with one attached hydrogen (secondary N) is 1. The molecule has 116 valence electrons. The fraction of sp³-hybridized carbons (Fsp3) is 0.562. The minimum Gasteiger partial charge on any atom is -0.486 e. The number of hydrogen-bond acceptors (Lipinski definition) is 4. The maximum Gasteiger partial charge on any atom is 0.237 e. The summed E-state index contributed by atoms with van der Waals surface area (Å²) < 4.78 is 11.1. The molecule has 21 heavy (non-hydrogen) atoms. The third kappa shape index (κ3) is 3.67. The summed E-state index contributed by atoms with van der Waals surface area (Å²) in [7, 11) is 0. The van der Waals surface area contributed by atoms with E-state index in [2.05, 4.69) is 5.32 Å². The monoisotopic (exact) mass is 292 g/mol. The molecule has 0 saturated heterocycles. The third-order valence-corrected chi connectivity index (χ3v) is 3.98. The Hall–Kier alpha value is -1.75. The lowest BCUT2D eigenvalue weighted by atomic mass is 9.98. The molecule has 0 spiro atoms. The molecular formula is C16H24N2O3. The van der Waals surface area contributed by atoms with Crippen LogP contribution in [0.25, 0.3) is 0 Å². The van der Waals surface area contributed by atoms with Gasteiger partial charge in [-0.1, -0.05) is 26.3 Å². The number of rotatable bonds is 5. The van der Waals surface area contributed by atoms with Gasteiger partial charge in [0.2, 0.25) is 5.91 Å². The number of carbonyl (C=O) groups excluding carboxylic acids is 1. The quantitative estimate of drug-likeness (QED) is 0.870. The second-order valence-corrected chi connectivity index (χ2v) is 5.54. The summed E-state index contributed by atoms with van der Waals surface area (Å²) in [5.41, 5.74) is 6.93. The van der Waals surface area contributed by atoms with E-state index >= 15 is 0 Å². The van der Waals surface area contributed by atoms with E-state index in [4.69, 9.17) is 15.2 Å². The van der Waals surface area contributed by atoms with Gasteiger partial charge in [-0.25, -0.2) is 0 Å². The van der Waals surface area contributed by atoms with Gasteiger partial charge in [0.1, 0.15) is 13.2 Å². The molecule has 0 bridgehead atoms. The Morgan fingerprint density at radius 2 is 1.95 bits per heavy atom. The second-order valence-electron chi connectivity index (χ2n) is 5.54. The topological polar surface area (TPSA) is 73.6 Å². The van der Waals surface area contributed by atoms with Gasteiger partial charge in [-0.05, 0) is 30.5 Å². The maximum atomic E-state index is 12.1. The van der Waals surface area contributed by atoms with Crippen LogP contribution in [0.5, 0.6) is 11.5 Å². The molecular weight excluding hydrogens is 268 g/mol. The number of ether oxygens (including phenoxy) is 2. The number of fused-ring (bicyclic) bond motifs is 1. The molecule has 0 saturated carbocycles. The van der Waals surface area contributed by atoms with Crippen LogP contribution in [-0.2, 0) is 4.79 Å². The predicted molar refractivity (Wildman–Crippen MR) is 81.4 cm³/mol. The Morgan fingerprint density at radius 1 is 1.29 bits per heavy atom. The number of benzene rings is 1. The van der Waals surface area contributed by atoms with E-state index in [0.29, 0.717) is 13.2 Å². The highest BCUT2D eigenvalue weighted by molar-refractivity contribution is 5.82. The minimum atomic E-state index is -0.477. The highest BCUT2D eigenvalue weighted by atomic mass is 16.6. The average molecular weight is 292 g/mol. The van der Waals surface area contributed by atoms with Crippen LogP contribution in [0.1, 0.15) is 38.8 Å². The second kappa shape index (κ2) is 6.80. The molecule has 5 heteroatoms. The molecule has 0 aliphatic carbocycles. The van der Waals surface area contributed by atoms with Crippen molar-refractivity contribution < 1.29 is 14.3 Å². The zero-order valence-electron chi connectivity index (χ0n) is 12.9. The normalized spacial score (nSPS) is 17.7. The van der Waals surface area contributed by atoms with Crippen molar-refractivity contribution in [2.24, 2.45) is 11.7 Å². The molecule has 3 unspecified atom stereocenters. The fourth-order valence-electron chi connectivity index (χ4n) is 2.23. The molecule has 1 aromatic carbocycles. The van der Waals surface area contributed by atoms with Crippen LogP contribution >= 0.6 is 0 Å². The first kappa shape index (κ1) is 15.6. The van der Waals surface area contributed by atoms with Crippen molar-refractivity contribution in [1.29, 1.82) is 0 Å². The van der Waals surface area contributed by atoms with E-state index in [9.17, 15) is 4.79 Å². The first-order valence-corrected chi connectivity index (χ1v) is 7.48. The first-order valence-electron chi connectivity index (χ1n) is 7.48. The van der Waals surface area contributed by atoms with Crippen molar-refractivity contribution in [3.63, 3.8) is 0 Å². The van der Waals surface area contributed by atoms with Gasteiger partial charge in [0.15, 0.2) is 11.5 Å². The molecule has 1 aliphatic rings. The van der Waals surface area contributed by atoms with E-state index in [1.807, 2.05) is 39.0 Å². The van der Waals surface area contributed by atoms with Crippen LogP contribution in [0.3, 0.4) is 0 Å². The molecule has 0 aromatic heterocycles. The Balaban J connectivity index is 2.03. The van der Waals surface area contributed by atoms with Crippen molar-refractivity contribution >= 4 is 5.91 Å². The van der Waals surface area contributed by atoms with Gasteiger partial charge in [0.05, 0.1) is 12.1 Å². The van der Waals surface area contributed by atoms with Crippen molar-refractivity contribution in [2.45, 2.75) is 39.3 Å². The van der Waals surface area contributed by atoms with E-state index in [0.717, 1.165) is 23.5 Å². The summed E-state index contributed by atoms with van der Waals surface area (Å²) in [4.78, 5) is 12.1. The summed E-state index contributed by atoms with van der Waals surface area (Å²) in [5, 5.41) is 2.96. The molecule has 0 radical (unpaired) electrons. The number of nitrogens with two attached hydrogens (primary N) is 1. The van der Waals surface area contributed by atoms with E-state index in [1.165, 1.54) is 0 Å². The summed E-state index contributed by atoms with van der Waals surface area (Å²) in [6, 6.07) is 5.13. The predicted octanol–water partition coefficient (Wildman–Crippen LogP) is 2.01. The standard InChI is InChI=1S/C16H24N2O3/c1-4-10(2)15(17)16(19)18-11(3)12-5-6-13-14(9-12)21-8-7-20-13/h5-6,9-11,15H,4,7-8,17H2,1-3H3,(H,18,19). The summed E-state index contributed by atoms with van der Waals surface area (Å²) in [5.74, 6) is 1.52. The lowest BCUT2D eigenvalue weighted by Gasteiger charge is -2.23. The van der Waals surface area contributed by atoms with Crippen LogP contribution in [-0.4, -0.2) is 25.2 Å². The molecule has 5 nitrogen and oxygen atoms in total. The molecule has 3 atom stereocenters. The number of amides is 1. The van der Waals surface area contributed by atoms with E-state index in [1.54, 1.807) is 0 Å². The van der Waals surface area contributed by atoms with Gasteiger partial charge in [-0.15, -0.1) is 0 Å². The van der Waals surface area contributed by atoms with Gasteiger partial charge < -0.3 is 20.5 Å². The highest BCUT2D eigenvalue weighted by Gasteiger charge is 2.22. The van der Waals surface area contributed by atoms with Gasteiger partial charge in [0, 0.05) is 0 Å². The Kier molecular flexibility index (Phi) is 5.07. The molecule has 3 N–H and O–H groups in total. The fourth-order valence-corrected chi connectivity index (χ4v) is 2.23. The largest absolute Gasteiger partial charge is 0.486 e. The van der Waals surface area contributed by atoms with Crippen LogP contribution in [0, 0.1) is 5.92 Å². The van der Waals surface area contributed by atoms with Crippen molar-refractivity contribution in [1.82, 2.24) is 5.32 Å². The highest BCUT2D eigenvalue weighted by Crippen LogP contribution is 2.32. The van der Waals surface area contributed by atoms with E-state index in [-0.39, 0.29) is 17.9 Å². The molecule has 1 amide bonds. The molecule has 1 aromatic rings.